The lowest BCUT2D eigenvalue weighted by molar-refractivity contribution is -0.129. The summed E-state index contributed by atoms with van der Waals surface area (Å²) in [6.45, 7) is 1.80. The van der Waals surface area contributed by atoms with Gasteiger partial charge in [0, 0.05) is 24.7 Å². The number of carbonyl (C=O) groups is 1. The van der Waals surface area contributed by atoms with Crippen molar-refractivity contribution in [2.75, 3.05) is 13.1 Å². The maximum atomic E-state index is 12.0. The fourth-order valence-electron chi connectivity index (χ4n) is 2.23. The summed E-state index contributed by atoms with van der Waals surface area (Å²) >= 11 is 1.54. The van der Waals surface area contributed by atoms with Crippen LogP contribution in [-0.2, 0) is 11.2 Å². The average molecular weight is 273 g/mol. The summed E-state index contributed by atoms with van der Waals surface area (Å²) < 4.78 is 0. The SMILES string of the molecule is O=C(Cc1csc(-c2ccccn2)n1)N1CCCC1. The van der Waals surface area contributed by atoms with Crippen molar-refractivity contribution in [1.29, 1.82) is 0 Å². The van der Waals surface area contributed by atoms with Gasteiger partial charge in [-0.25, -0.2) is 4.98 Å². The van der Waals surface area contributed by atoms with Gasteiger partial charge in [-0.3, -0.25) is 9.78 Å². The zero-order valence-electron chi connectivity index (χ0n) is 10.6. The van der Waals surface area contributed by atoms with Crippen molar-refractivity contribution < 1.29 is 4.79 Å². The minimum Gasteiger partial charge on any atom is -0.342 e. The molecule has 1 aliphatic heterocycles. The van der Waals surface area contributed by atoms with Crippen LogP contribution in [0.25, 0.3) is 10.7 Å². The molecule has 0 radical (unpaired) electrons. The minimum atomic E-state index is 0.190. The van der Waals surface area contributed by atoms with Crippen molar-refractivity contribution in [1.82, 2.24) is 14.9 Å². The van der Waals surface area contributed by atoms with Crippen LogP contribution in [-0.4, -0.2) is 33.9 Å². The van der Waals surface area contributed by atoms with E-state index >= 15 is 0 Å². The molecule has 0 aromatic carbocycles. The van der Waals surface area contributed by atoms with Crippen molar-refractivity contribution >= 4 is 17.2 Å². The van der Waals surface area contributed by atoms with Gasteiger partial charge in [0.2, 0.25) is 5.91 Å². The predicted molar refractivity (Wildman–Crippen MR) is 74.9 cm³/mol. The Labute approximate surface area is 116 Å². The molecule has 0 spiro atoms. The molecular formula is C14H15N3OS. The van der Waals surface area contributed by atoms with E-state index < -0.39 is 0 Å². The Morgan fingerprint density at radius 2 is 2.16 bits per heavy atom. The first-order chi connectivity index (χ1) is 9.33. The van der Waals surface area contributed by atoms with E-state index in [1.54, 1.807) is 17.5 Å². The van der Waals surface area contributed by atoms with Crippen LogP contribution in [0.4, 0.5) is 0 Å². The first kappa shape index (κ1) is 12.3. The molecule has 0 unspecified atom stereocenters. The van der Waals surface area contributed by atoms with Gasteiger partial charge in [-0.05, 0) is 25.0 Å². The molecule has 1 aliphatic rings. The third kappa shape index (κ3) is 2.81. The quantitative estimate of drug-likeness (QED) is 0.862. The van der Waals surface area contributed by atoms with Crippen LogP contribution in [0.3, 0.4) is 0 Å². The van der Waals surface area contributed by atoms with Crippen molar-refractivity contribution in [3.63, 3.8) is 0 Å². The van der Waals surface area contributed by atoms with Gasteiger partial charge in [-0.1, -0.05) is 6.07 Å². The molecular weight excluding hydrogens is 258 g/mol. The van der Waals surface area contributed by atoms with E-state index in [1.165, 1.54) is 0 Å². The molecule has 4 nitrogen and oxygen atoms in total. The fraction of sp³-hybridized carbons (Fsp3) is 0.357. The molecule has 1 amide bonds. The minimum absolute atomic E-state index is 0.190. The molecule has 1 saturated heterocycles. The van der Waals surface area contributed by atoms with Gasteiger partial charge >= 0.3 is 0 Å². The normalized spacial score (nSPS) is 14.8. The summed E-state index contributed by atoms with van der Waals surface area (Å²) in [6.07, 6.45) is 4.42. The number of amides is 1. The standard InChI is InChI=1S/C14H15N3OS/c18-13(17-7-3-4-8-17)9-11-10-19-14(16-11)12-5-1-2-6-15-12/h1-2,5-6,10H,3-4,7-9H2. The second-order valence-corrected chi connectivity index (χ2v) is 5.48. The second-order valence-electron chi connectivity index (χ2n) is 4.62. The Bertz CT molecular complexity index is 561. The number of hydrogen-bond donors (Lipinski definition) is 0. The number of hydrogen-bond acceptors (Lipinski definition) is 4. The summed E-state index contributed by atoms with van der Waals surface area (Å²) in [6, 6.07) is 5.76. The molecule has 2 aromatic heterocycles. The third-order valence-electron chi connectivity index (χ3n) is 3.23. The topological polar surface area (TPSA) is 46.1 Å². The maximum Gasteiger partial charge on any atom is 0.228 e. The molecule has 98 valence electrons. The fourth-order valence-corrected chi connectivity index (χ4v) is 3.02. The van der Waals surface area contributed by atoms with Crippen molar-refractivity contribution in [3.05, 3.63) is 35.5 Å². The van der Waals surface area contributed by atoms with E-state index in [2.05, 4.69) is 9.97 Å². The first-order valence-electron chi connectivity index (χ1n) is 6.46. The maximum absolute atomic E-state index is 12.0. The van der Waals surface area contributed by atoms with Crippen LogP contribution in [0.15, 0.2) is 29.8 Å². The summed E-state index contributed by atoms with van der Waals surface area (Å²) in [7, 11) is 0. The molecule has 5 heteroatoms. The zero-order chi connectivity index (χ0) is 13.1. The lowest BCUT2D eigenvalue weighted by atomic mass is 10.3. The lowest BCUT2D eigenvalue weighted by Gasteiger charge is -2.13. The van der Waals surface area contributed by atoms with Crippen LogP contribution in [0.2, 0.25) is 0 Å². The molecule has 0 N–H and O–H groups in total. The molecule has 0 saturated carbocycles. The summed E-state index contributed by atoms with van der Waals surface area (Å²) in [5.74, 6) is 0.190. The third-order valence-corrected chi connectivity index (χ3v) is 4.14. The van der Waals surface area contributed by atoms with Crippen LogP contribution in [0.1, 0.15) is 18.5 Å². The van der Waals surface area contributed by atoms with E-state index in [9.17, 15) is 4.79 Å². The van der Waals surface area contributed by atoms with Crippen LogP contribution in [0, 0.1) is 0 Å². The van der Waals surface area contributed by atoms with Gasteiger partial charge in [0.05, 0.1) is 17.8 Å². The van der Waals surface area contributed by atoms with Gasteiger partial charge in [-0.2, -0.15) is 0 Å². The van der Waals surface area contributed by atoms with E-state index in [-0.39, 0.29) is 5.91 Å². The molecule has 1 fully saturated rings. The molecule has 0 bridgehead atoms. The molecule has 19 heavy (non-hydrogen) atoms. The Hall–Kier alpha value is -1.75. The summed E-state index contributed by atoms with van der Waals surface area (Å²) in [5.41, 5.74) is 1.72. The second kappa shape index (κ2) is 5.48. The Morgan fingerprint density at radius 1 is 1.32 bits per heavy atom. The molecule has 3 heterocycles. The van der Waals surface area contributed by atoms with Gasteiger partial charge in [0.1, 0.15) is 5.01 Å². The summed E-state index contributed by atoms with van der Waals surface area (Å²) in [5, 5.41) is 2.84. The number of nitrogens with zero attached hydrogens (tertiary/aromatic N) is 3. The molecule has 3 rings (SSSR count). The first-order valence-corrected chi connectivity index (χ1v) is 7.34. The van der Waals surface area contributed by atoms with Crippen molar-refractivity contribution in [2.45, 2.75) is 19.3 Å². The number of carbonyl (C=O) groups excluding carboxylic acids is 1. The van der Waals surface area contributed by atoms with Gasteiger partial charge in [0.25, 0.3) is 0 Å². The van der Waals surface area contributed by atoms with E-state index in [1.807, 2.05) is 28.5 Å². The highest BCUT2D eigenvalue weighted by molar-refractivity contribution is 7.13. The number of thiazole rings is 1. The number of likely N-dealkylation sites (tertiary alicyclic amines) is 1. The molecule has 0 aliphatic carbocycles. The van der Waals surface area contributed by atoms with E-state index in [0.29, 0.717) is 6.42 Å². The number of pyridine rings is 1. The monoisotopic (exact) mass is 273 g/mol. The average Bonchev–Trinajstić information content (AvgIpc) is 3.11. The Morgan fingerprint density at radius 3 is 2.89 bits per heavy atom. The van der Waals surface area contributed by atoms with Crippen LogP contribution < -0.4 is 0 Å². The predicted octanol–water partition coefficient (Wildman–Crippen LogP) is 2.37. The van der Waals surface area contributed by atoms with E-state index in [4.69, 9.17) is 0 Å². The van der Waals surface area contributed by atoms with Gasteiger partial charge < -0.3 is 4.90 Å². The van der Waals surface area contributed by atoms with Gasteiger partial charge in [0.15, 0.2) is 0 Å². The summed E-state index contributed by atoms with van der Waals surface area (Å²) in [4.78, 5) is 22.7. The highest BCUT2D eigenvalue weighted by atomic mass is 32.1. The molecule has 2 aromatic rings. The smallest absolute Gasteiger partial charge is 0.228 e. The zero-order valence-corrected chi connectivity index (χ0v) is 11.4. The van der Waals surface area contributed by atoms with Crippen molar-refractivity contribution in [2.24, 2.45) is 0 Å². The number of aromatic nitrogens is 2. The van der Waals surface area contributed by atoms with Gasteiger partial charge in [-0.15, -0.1) is 11.3 Å². The van der Waals surface area contributed by atoms with Crippen LogP contribution in [0.5, 0.6) is 0 Å². The lowest BCUT2D eigenvalue weighted by Crippen LogP contribution is -2.29. The highest BCUT2D eigenvalue weighted by Crippen LogP contribution is 2.22. The highest BCUT2D eigenvalue weighted by Gasteiger charge is 2.19. The Balaban J connectivity index is 1.70. The van der Waals surface area contributed by atoms with Crippen LogP contribution >= 0.6 is 11.3 Å². The van der Waals surface area contributed by atoms with E-state index in [0.717, 1.165) is 42.3 Å². The largest absolute Gasteiger partial charge is 0.342 e. The molecule has 0 atom stereocenters. The number of rotatable bonds is 3. The Kier molecular flexibility index (Phi) is 3.55. The van der Waals surface area contributed by atoms with Crippen molar-refractivity contribution in [3.8, 4) is 10.7 Å².